The highest BCUT2D eigenvalue weighted by atomic mass is 19.1. The Balaban J connectivity index is 2.60. The van der Waals surface area contributed by atoms with E-state index >= 15 is 0 Å². The fourth-order valence-electron chi connectivity index (χ4n) is 2.05. The van der Waals surface area contributed by atoms with Gasteiger partial charge in [0.25, 0.3) is 0 Å². The maximum Gasteiger partial charge on any atom is 0.134 e. The van der Waals surface area contributed by atoms with Gasteiger partial charge in [-0.25, -0.2) is 13.2 Å². The van der Waals surface area contributed by atoms with E-state index in [0.717, 1.165) is 11.6 Å². The zero-order chi connectivity index (χ0) is 14.9. The summed E-state index contributed by atoms with van der Waals surface area (Å²) in [5.74, 6) is -1.92. The quantitative estimate of drug-likeness (QED) is 0.880. The number of hydrogen-bond acceptors (Lipinski definition) is 1. The molecule has 0 spiro atoms. The second kappa shape index (κ2) is 5.67. The smallest absolute Gasteiger partial charge is 0.134 e. The molecule has 1 nitrogen and oxygen atoms in total. The van der Waals surface area contributed by atoms with E-state index in [-0.39, 0.29) is 22.7 Å². The van der Waals surface area contributed by atoms with E-state index in [4.69, 9.17) is 0 Å². The van der Waals surface area contributed by atoms with Gasteiger partial charge in [0.2, 0.25) is 0 Å². The van der Waals surface area contributed by atoms with Crippen molar-refractivity contribution in [3.05, 3.63) is 58.9 Å². The van der Waals surface area contributed by atoms with Crippen molar-refractivity contribution in [2.45, 2.75) is 19.9 Å². The SMILES string of the molecule is CNC(C)c1ccc(F)c(-c2cc(C)c(F)cc2F)c1. The number of halogens is 3. The topological polar surface area (TPSA) is 12.0 Å². The van der Waals surface area contributed by atoms with Crippen LogP contribution in [0.3, 0.4) is 0 Å². The summed E-state index contributed by atoms with van der Waals surface area (Å²) in [7, 11) is 1.79. The van der Waals surface area contributed by atoms with Crippen molar-refractivity contribution >= 4 is 0 Å². The Labute approximate surface area is 116 Å². The summed E-state index contributed by atoms with van der Waals surface area (Å²) in [5.41, 5.74) is 1.34. The van der Waals surface area contributed by atoms with Gasteiger partial charge in [0.05, 0.1) is 0 Å². The molecule has 4 heteroatoms. The first kappa shape index (κ1) is 14.6. The van der Waals surface area contributed by atoms with Gasteiger partial charge in [-0.3, -0.25) is 0 Å². The normalized spacial score (nSPS) is 12.5. The Morgan fingerprint density at radius 3 is 2.20 bits per heavy atom. The third-order valence-corrected chi connectivity index (χ3v) is 3.46. The third-order valence-electron chi connectivity index (χ3n) is 3.46. The van der Waals surface area contributed by atoms with Crippen LogP contribution < -0.4 is 5.32 Å². The largest absolute Gasteiger partial charge is 0.313 e. The molecule has 1 unspecified atom stereocenters. The van der Waals surface area contributed by atoms with Crippen LogP contribution in [-0.2, 0) is 0 Å². The summed E-state index contributed by atoms with van der Waals surface area (Å²) in [6.07, 6.45) is 0. The lowest BCUT2D eigenvalue weighted by Gasteiger charge is -2.14. The summed E-state index contributed by atoms with van der Waals surface area (Å²) >= 11 is 0. The molecule has 0 saturated heterocycles. The number of benzene rings is 2. The highest BCUT2D eigenvalue weighted by molar-refractivity contribution is 5.66. The van der Waals surface area contributed by atoms with E-state index in [0.29, 0.717) is 0 Å². The van der Waals surface area contributed by atoms with E-state index in [1.807, 2.05) is 6.92 Å². The molecule has 20 heavy (non-hydrogen) atoms. The zero-order valence-corrected chi connectivity index (χ0v) is 11.6. The van der Waals surface area contributed by atoms with E-state index in [9.17, 15) is 13.2 Å². The molecule has 0 aliphatic rings. The van der Waals surface area contributed by atoms with Crippen LogP contribution in [0.15, 0.2) is 30.3 Å². The van der Waals surface area contributed by atoms with Crippen molar-refractivity contribution in [1.29, 1.82) is 0 Å². The molecule has 0 bridgehead atoms. The number of rotatable bonds is 3. The van der Waals surface area contributed by atoms with Gasteiger partial charge in [-0.15, -0.1) is 0 Å². The predicted octanol–water partition coefficient (Wildman–Crippen LogP) is 4.36. The average Bonchev–Trinajstić information content (AvgIpc) is 2.43. The molecule has 0 fully saturated rings. The van der Waals surface area contributed by atoms with Crippen LogP contribution >= 0.6 is 0 Å². The van der Waals surface area contributed by atoms with Gasteiger partial charge in [-0.1, -0.05) is 6.07 Å². The molecular formula is C16H16F3N. The van der Waals surface area contributed by atoms with Crippen LogP contribution in [0.25, 0.3) is 11.1 Å². The Hall–Kier alpha value is -1.81. The molecule has 106 valence electrons. The average molecular weight is 279 g/mol. The van der Waals surface area contributed by atoms with Crippen LogP contribution in [0, 0.1) is 24.4 Å². The van der Waals surface area contributed by atoms with Crippen molar-refractivity contribution in [1.82, 2.24) is 5.32 Å². The molecule has 0 aliphatic carbocycles. The van der Waals surface area contributed by atoms with Crippen molar-refractivity contribution in [3.63, 3.8) is 0 Å². The van der Waals surface area contributed by atoms with E-state index in [1.165, 1.54) is 19.1 Å². The molecule has 2 aromatic carbocycles. The fraction of sp³-hybridized carbons (Fsp3) is 0.250. The lowest BCUT2D eigenvalue weighted by Crippen LogP contribution is -2.12. The van der Waals surface area contributed by atoms with E-state index < -0.39 is 17.5 Å². The monoisotopic (exact) mass is 279 g/mol. The fourth-order valence-corrected chi connectivity index (χ4v) is 2.05. The van der Waals surface area contributed by atoms with Gasteiger partial charge in [-0.05, 0) is 50.2 Å². The van der Waals surface area contributed by atoms with Gasteiger partial charge in [0.1, 0.15) is 17.5 Å². The van der Waals surface area contributed by atoms with Gasteiger partial charge in [-0.2, -0.15) is 0 Å². The highest BCUT2D eigenvalue weighted by Gasteiger charge is 2.15. The van der Waals surface area contributed by atoms with Crippen molar-refractivity contribution < 1.29 is 13.2 Å². The third kappa shape index (κ3) is 2.70. The Morgan fingerprint density at radius 1 is 0.900 bits per heavy atom. The molecule has 1 atom stereocenters. The number of aryl methyl sites for hydroxylation is 1. The van der Waals surface area contributed by atoms with Gasteiger partial charge in [0, 0.05) is 23.2 Å². The Morgan fingerprint density at radius 2 is 1.55 bits per heavy atom. The highest BCUT2D eigenvalue weighted by Crippen LogP contribution is 2.30. The molecule has 2 aromatic rings. The zero-order valence-electron chi connectivity index (χ0n) is 11.6. The molecule has 0 radical (unpaired) electrons. The summed E-state index contributed by atoms with van der Waals surface area (Å²) < 4.78 is 41.1. The first-order chi connectivity index (χ1) is 9.43. The molecular weight excluding hydrogens is 263 g/mol. The number of hydrogen-bond donors (Lipinski definition) is 1. The van der Waals surface area contributed by atoms with Gasteiger partial charge >= 0.3 is 0 Å². The van der Waals surface area contributed by atoms with Crippen LogP contribution in [0.4, 0.5) is 13.2 Å². The molecule has 1 N–H and O–H groups in total. The minimum Gasteiger partial charge on any atom is -0.313 e. The van der Waals surface area contributed by atoms with Gasteiger partial charge in [0.15, 0.2) is 0 Å². The Bertz CT molecular complexity index is 638. The van der Waals surface area contributed by atoms with E-state index in [2.05, 4.69) is 5.32 Å². The summed E-state index contributed by atoms with van der Waals surface area (Å²) in [5, 5.41) is 3.04. The minimum atomic E-state index is -0.763. The maximum absolute atomic E-state index is 14.0. The van der Waals surface area contributed by atoms with Crippen molar-refractivity contribution in [2.24, 2.45) is 0 Å². The second-order valence-electron chi connectivity index (χ2n) is 4.83. The Kier molecular flexibility index (Phi) is 4.14. The van der Waals surface area contributed by atoms with E-state index in [1.54, 1.807) is 19.2 Å². The summed E-state index contributed by atoms with van der Waals surface area (Å²) in [6, 6.07) is 6.67. The molecule has 2 rings (SSSR count). The van der Waals surface area contributed by atoms with Gasteiger partial charge < -0.3 is 5.32 Å². The molecule has 0 aromatic heterocycles. The van der Waals surface area contributed by atoms with Crippen LogP contribution in [0.2, 0.25) is 0 Å². The molecule has 0 saturated carbocycles. The number of nitrogens with one attached hydrogen (secondary N) is 1. The van der Waals surface area contributed by atoms with Crippen LogP contribution in [0.1, 0.15) is 24.1 Å². The molecule has 0 aliphatic heterocycles. The molecule has 0 amide bonds. The maximum atomic E-state index is 14.0. The minimum absolute atomic E-state index is 0.0129. The lowest BCUT2D eigenvalue weighted by atomic mass is 9.97. The summed E-state index contributed by atoms with van der Waals surface area (Å²) in [4.78, 5) is 0. The second-order valence-corrected chi connectivity index (χ2v) is 4.83. The first-order valence-electron chi connectivity index (χ1n) is 6.36. The van der Waals surface area contributed by atoms with Crippen molar-refractivity contribution in [2.75, 3.05) is 7.05 Å². The first-order valence-corrected chi connectivity index (χ1v) is 6.36. The lowest BCUT2D eigenvalue weighted by molar-refractivity contribution is 0.576. The standard InChI is InChI=1S/C16H16F3N/c1-9-6-12(16(19)8-15(9)18)13-7-11(10(2)20-3)4-5-14(13)17/h4-8,10,20H,1-3H3. The molecule has 0 heterocycles. The van der Waals surface area contributed by atoms with Crippen LogP contribution in [0.5, 0.6) is 0 Å². The predicted molar refractivity (Wildman–Crippen MR) is 74.0 cm³/mol. The summed E-state index contributed by atoms with van der Waals surface area (Å²) in [6.45, 7) is 3.44. The van der Waals surface area contributed by atoms with Crippen LogP contribution in [-0.4, -0.2) is 7.05 Å². The van der Waals surface area contributed by atoms with Crippen molar-refractivity contribution in [3.8, 4) is 11.1 Å².